The lowest BCUT2D eigenvalue weighted by Crippen LogP contribution is -2.42. The van der Waals surface area contributed by atoms with Crippen LogP contribution in [0.25, 0.3) is 0 Å². The summed E-state index contributed by atoms with van der Waals surface area (Å²) in [5, 5.41) is 0.0293. The van der Waals surface area contributed by atoms with E-state index in [2.05, 4.69) is 50.8 Å². The molecular weight excluding hydrogens is 391 g/mol. The van der Waals surface area contributed by atoms with Gasteiger partial charge in [-0.05, 0) is 36.2 Å². The van der Waals surface area contributed by atoms with Crippen molar-refractivity contribution in [3.63, 3.8) is 0 Å². The fourth-order valence-corrected chi connectivity index (χ4v) is 3.48. The van der Waals surface area contributed by atoms with Gasteiger partial charge in [-0.25, -0.2) is 0 Å². The minimum absolute atomic E-state index is 0.0293. The molecule has 1 rings (SSSR count). The van der Waals surface area contributed by atoms with E-state index in [9.17, 15) is 0 Å². The molecule has 0 aromatic rings. The summed E-state index contributed by atoms with van der Waals surface area (Å²) in [6, 6.07) is 0. The Kier molecular flexibility index (Phi) is 8.41. The van der Waals surface area contributed by atoms with Crippen LogP contribution in [0.15, 0.2) is 22.7 Å². The van der Waals surface area contributed by atoms with Gasteiger partial charge in [0.1, 0.15) is 0 Å². The van der Waals surface area contributed by atoms with Gasteiger partial charge in [-0.15, -0.1) is 18.0 Å². The Balaban J connectivity index is 2.57. The van der Waals surface area contributed by atoms with Crippen molar-refractivity contribution in [2.75, 3.05) is 0 Å². The molecule has 1 aliphatic heterocycles. The number of allylic oxidation sites excluding steroid dienone is 2. The van der Waals surface area contributed by atoms with Gasteiger partial charge >= 0.3 is 0 Å². The van der Waals surface area contributed by atoms with E-state index in [4.69, 9.17) is 22.8 Å². The molecule has 1 fully saturated rings. The number of terminal acetylenes is 1. The second-order valence-electron chi connectivity index (χ2n) is 4.53. The Morgan fingerprint density at radius 3 is 2.84 bits per heavy atom. The van der Waals surface area contributed by atoms with E-state index in [1.807, 2.05) is 6.08 Å². The zero-order valence-corrected chi connectivity index (χ0v) is 14.9. The van der Waals surface area contributed by atoms with Gasteiger partial charge in [0.15, 0.2) is 0 Å². The van der Waals surface area contributed by atoms with Crippen molar-refractivity contribution in [1.29, 1.82) is 0 Å². The van der Waals surface area contributed by atoms with Crippen LogP contribution in [0.2, 0.25) is 0 Å². The standard InChI is InChI=1S/C15H19Br2ClO/c1-3-5-6-7-15-13(18)10-12(17)14(19-15)9-8-11(16)4-2/h1,5-6,8,12-15H,4,7,9-10H2,2H3/b6-5-,11-8+/t12-,13-,14-,15+/m1/s1. The maximum absolute atomic E-state index is 6.35. The van der Waals surface area contributed by atoms with Gasteiger partial charge in [0, 0.05) is 4.83 Å². The van der Waals surface area contributed by atoms with Crippen LogP contribution in [0.3, 0.4) is 0 Å². The molecule has 1 nitrogen and oxygen atoms in total. The first kappa shape index (κ1) is 17.3. The first-order valence-corrected chi connectivity index (χ1v) is 8.62. The molecule has 0 amide bonds. The largest absolute Gasteiger partial charge is 0.372 e. The Bertz CT molecular complexity index is 373. The highest BCUT2D eigenvalue weighted by atomic mass is 79.9. The van der Waals surface area contributed by atoms with Crippen molar-refractivity contribution < 1.29 is 4.74 Å². The molecule has 0 unspecified atom stereocenters. The molecule has 1 aliphatic rings. The average molecular weight is 411 g/mol. The summed E-state index contributed by atoms with van der Waals surface area (Å²) in [6.07, 6.45) is 14.8. The van der Waals surface area contributed by atoms with Crippen LogP contribution in [0.4, 0.5) is 0 Å². The van der Waals surface area contributed by atoms with Gasteiger partial charge in [0.25, 0.3) is 0 Å². The van der Waals surface area contributed by atoms with Crippen molar-refractivity contribution in [2.24, 2.45) is 0 Å². The molecular formula is C15H19Br2ClO. The summed E-state index contributed by atoms with van der Waals surface area (Å²) < 4.78 is 7.30. The highest BCUT2D eigenvalue weighted by Gasteiger charge is 2.34. The maximum atomic E-state index is 6.35. The molecule has 0 bridgehead atoms. The molecule has 0 radical (unpaired) electrons. The van der Waals surface area contributed by atoms with Crippen molar-refractivity contribution in [3.8, 4) is 12.3 Å². The molecule has 0 aromatic heterocycles. The number of rotatable bonds is 5. The Morgan fingerprint density at radius 1 is 1.47 bits per heavy atom. The fourth-order valence-electron chi connectivity index (χ4n) is 1.98. The van der Waals surface area contributed by atoms with E-state index in [0.29, 0.717) is 4.83 Å². The molecule has 0 N–H and O–H groups in total. The topological polar surface area (TPSA) is 9.23 Å². The highest BCUT2D eigenvalue weighted by molar-refractivity contribution is 9.11. The quantitative estimate of drug-likeness (QED) is 0.449. The van der Waals surface area contributed by atoms with Crippen LogP contribution in [0.1, 0.15) is 32.6 Å². The number of hydrogen-bond acceptors (Lipinski definition) is 1. The number of hydrogen-bond donors (Lipinski definition) is 0. The van der Waals surface area contributed by atoms with Gasteiger partial charge in [-0.1, -0.05) is 56.9 Å². The van der Waals surface area contributed by atoms with Gasteiger partial charge < -0.3 is 4.74 Å². The highest BCUT2D eigenvalue weighted by Crippen LogP contribution is 2.33. The summed E-state index contributed by atoms with van der Waals surface area (Å²) >= 11 is 13.6. The maximum Gasteiger partial charge on any atom is 0.0778 e. The van der Waals surface area contributed by atoms with Crippen molar-refractivity contribution in [3.05, 3.63) is 22.7 Å². The molecule has 4 atom stereocenters. The van der Waals surface area contributed by atoms with Crippen molar-refractivity contribution in [2.45, 2.75) is 55.0 Å². The third-order valence-electron chi connectivity index (χ3n) is 3.10. The lowest BCUT2D eigenvalue weighted by Gasteiger charge is -2.36. The smallest absolute Gasteiger partial charge is 0.0778 e. The predicted octanol–water partition coefficient (Wildman–Crippen LogP) is 5.17. The third kappa shape index (κ3) is 6.04. The van der Waals surface area contributed by atoms with Crippen LogP contribution in [0.5, 0.6) is 0 Å². The van der Waals surface area contributed by atoms with E-state index in [-0.39, 0.29) is 17.6 Å². The number of alkyl halides is 2. The van der Waals surface area contributed by atoms with Gasteiger partial charge in [0.2, 0.25) is 0 Å². The van der Waals surface area contributed by atoms with Crippen molar-refractivity contribution >= 4 is 43.5 Å². The molecule has 0 spiro atoms. The Morgan fingerprint density at radius 2 is 2.21 bits per heavy atom. The van der Waals surface area contributed by atoms with Crippen LogP contribution < -0.4 is 0 Å². The van der Waals surface area contributed by atoms with E-state index in [1.165, 1.54) is 4.48 Å². The molecule has 0 saturated carbocycles. The van der Waals surface area contributed by atoms with Gasteiger partial charge in [0.05, 0.1) is 17.6 Å². The lowest BCUT2D eigenvalue weighted by molar-refractivity contribution is -0.0370. The van der Waals surface area contributed by atoms with E-state index in [0.717, 1.165) is 25.7 Å². The summed E-state index contributed by atoms with van der Waals surface area (Å²) in [5.74, 6) is 2.49. The van der Waals surface area contributed by atoms with E-state index in [1.54, 1.807) is 6.08 Å². The van der Waals surface area contributed by atoms with Gasteiger partial charge in [-0.2, -0.15) is 0 Å². The summed E-state index contributed by atoms with van der Waals surface area (Å²) in [5.41, 5.74) is 0. The minimum atomic E-state index is 0.0293. The summed E-state index contributed by atoms with van der Waals surface area (Å²) in [4.78, 5) is 0.302. The second kappa shape index (κ2) is 9.23. The SMILES string of the molecule is C#C/C=C\C[C@@H]1O[C@H](C/C=C(/Br)CC)[C@H](Br)C[C@H]1Cl. The molecule has 1 heterocycles. The molecule has 106 valence electrons. The zero-order chi connectivity index (χ0) is 14.3. The molecule has 1 saturated heterocycles. The molecule has 0 aromatic carbocycles. The lowest BCUT2D eigenvalue weighted by atomic mass is 9.99. The minimum Gasteiger partial charge on any atom is -0.372 e. The van der Waals surface area contributed by atoms with Crippen LogP contribution in [-0.4, -0.2) is 22.4 Å². The predicted molar refractivity (Wildman–Crippen MR) is 90.1 cm³/mol. The number of halogens is 3. The van der Waals surface area contributed by atoms with E-state index < -0.39 is 0 Å². The number of ether oxygens (including phenoxy) is 1. The third-order valence-corrected chi connectivity index (χ3v) is 5.41. The fraction of sp³-hybridized carbons (Fsp3) is 0.600. The van der Waals surface area contributed by atoms with Crippen LogP contribution in [0, 0.1) is 12.3 Å². The first-order valence-electron chi connectivity index (χ1n) is 6.47. The second-order valence-corrected chi connectivity index (χ2v) is 7.28. The Hall–Kier alpha value is 0.250. The zero-order valence-electron chi connectivity index (χ0n) is 11.0. The van der Waals surface area contributed by atoms with Gasteiger partial charge in [-0.3, -0.25) is 0 Å². The summed E-state index contributed by atoms with van der Waals surface area (Å²) in [7, 11) is 0. The monoisotopic (exact) mass is 408 g/mol. The molecule has 0 aliphatic carbocycles. The van der Waals surface area contributed by atoms with Crippen molar-refractivity contribution in [1.82, 2.24) is 0 Å². The van der Waals surface area contributed by atoms with E-state index >= 15 is 0 Å². The first-order chi connectivity index (χ1) is 9.08. The summed E-state index contributed by atoms with van der Waals surface area (Å²) in [6.45, 7) is 2.12. The molecule has 19 heavy (non-hydrogen) atoms. The Labute approximate surface area is 138 Å². The van der Waals surface area contributed by atoms with Crippen LogP contribution in [-0.2, 0) is 4.74 Å². The normalized spacial score (nSPS) is 32.5. The average Bonchev–Trinajstić information content (AvgIpc) is 2.39. The van der Waals surface area contributed by atoms with Crippen LogP contribution >= 0.6 is 43.5 Å². The molecule has 4 heteroatoms.